The third-order valence-corrected chi connectivity index (χ3v) is 11.8. The number of methoxy groups -OCH3 is 1. The van der Waals surface area contributed by atoms with E-state index in [-0.39, 0.29) is 58.4 Å². The van der Waals surface area contributed by atoms with Crippen molar-refractivity contribution in [2.75, 3.05) is 25.5 Å². The van der Waals surface area contributed by atoms with E-state index in [9.17, 15) is 36.3 Å². The Morgan fingerprint density at radius 1 is 1.04 bits per heavy atom. The minimum Gasteiger partial charge on any atom is -0.497 e. The number of aromatic nitrogens is 3. The Morgan fingerprint density at radius 2 is 1.70 bits per heavy atom. The lowest BCUT2D eigenvalue weighted by Gasteiger charge is -2.33. The Balaban J connectivity index is 1.44. The highest BCUT2D eigenvalue weighted by Gasteiger charge is 2.50. The average Bonchev–Trinajstić information content (AvgIpc) is 3.63. The standard InChI is InChI=1S/C36H38F3N5O7S2/c1-35(2,3)51-34(47)42-12-9-21-15-26-28(16-22(21)10-13-42)44(53(48,49)36(37,38)39)32(41-26)29-30(40-23-17-24(45)18-23)31-27(11-14-52-31)43(33(29)46)19-20-5-7-25(50-4)8-6-20/h5-8,11,14-16,23-24,40,45H,9-10,12-13,17-19H2,1-4H3. The maximum Gasteiger partial charge on any atom is 0.517 e. The number of hydrogen-bond acceptors (Lipinski definition) is 10. The summed E-state index contributed by atoms with van der Waals surface area (Å²) in [6, 6.07) is 11.2. The van der Waals surface area contributed by atoms with E-state index in [4.69, 9.17) is 9.47 Å². The quantitative estimate of drug-likeness (QED) is 0.200. The van der Waals surface area contributed by atoms with Gasteiger partial charge in [0.15, 0.2) is 5.82 Å². The number of rotatable bonds is 7. The van der Waals surface area contributed by atoms with Crippen LogP contribution < -0.4 is 15.6 Å². The van der Waals surface area contributed by atoms with Crippen LogP contribution in [0.15, 0.2) is 52.6 Å². The minimum absolute atomic E-state index is 0.0141. The molecule has 4 heterocycles. The molecule has 1 amide bonds. The van der Waals surface area contributed by atoms with Crippen LogP contribution >= 0.6 is 11.3 Å². The molecule has 0 unspecified atom stereocenters. The van der Waals surface area contributed by atoms with Gasteiger partial charge in [-0.15, -0.1) is 11.3 Å². The summed E-state index contributed by atoms with van der Waals surface area (Å²) in [6.45, 7) is 5.69. The number of hydrogen-bond donors (Lipinski definition) is 2. The predicted molar refractivity (Wildman–Crippen MR) is 195 cm³/mol. The molecule has 2 aromatic carbocycles. The van der Waals surface area contributed by atoms with Gasteiger partial charge in [-0.3, -0.25) is 4.79 Å². The van der Waals surface area contributed by atoms with Crippen LogP contribution in [0.2, 0.25) is 0 Å². The molecule has 282 valence electrons. The largest absolute Gasteiger partial charge is 0.517 e. The summed E-state index contributed by atoms with van der Waals surface area (Å²) in [5.41, 5.74) is -5.45. The van der Waals surface area contributed by atoms with Gasteiger partial charge < -0.3 is 29.4 Å². The van der Waals surface area contributed by atoms with Crippen molar-refractivity contribution in [3.63, 3.8) is 0 Å². The monoisotopic (exact) mass is 773 g/mol. The zero-order valence-electron chi connectivity index (χ0n) is 29.4. The summed E-state index contributed by atoms with van der Waals surface area (Å²) < 4.78 is 83.9. The fourth-order valence-corrected chi connectivity index (χ4v) is 8.67. The van der Waals surface area contributed by atoms with Gasteiger partial charge in [0.05, 0.1) is 46.7 Å². The zero-order chi connectivity index (χ0) is 38.0. The number of alkyl halides is 3. The second kappa shape index (κ2) is 13.4. The molecule has 0 radical (unpaired) electrons. The van der Waals surface area contributed by atoms with Gasteiger partial charge in [-0.25, -0.2) is 13.8 Å². The number of imidazole rings is 1. The third-order valence-electron chi connectivity index (χ3n) is 9.48. The van der Waals surface area contributed by atoms with E-state index in [0.29, 0.717) is 51.9 Å². The highest BCUT2D eigenvalue weighted by Crippen LogP contribution is 2.41. The van der Waals surface area contributed by atoms with Crippen molar-refractivity contribution in [1.82, 2.24) is 18.4 Å². The van der Waals surface area contributed by atoms with E-state index in [1.165, 1.54) is 40.0 Å². The van der Waals surface area contributed by atoms with Gasteiger partial charge in [-0.1, -0.05) is 12.1 Å². The lowest BCUT2D eigenvalue weighted by Crippen LogP contribution is -2.40. The first-order valence-corrected chi connectivity index (χ1v) is 19.3. The molecule has 2 N–H and O–H groups in total. The number of amides is 1. The van der Waals surface area contributed by atoms with Crippen LogP contribution in [0.3, 0.4) is 0 Å². The van der Waals surface area contributed by atoms with Crippen molar-refractivity contribution in [3.05, 3.63) is 74.9 Å². The molecule has 1 aliphatic heterocycles. The number of fused-ring (bicyclic) bond motifs is 3. The third kappa shape index (κ3) is 6.85. The van der Waals surface area contributed by atoms with E-state index in [1.54, 1.807) is 56.5 Å². The number of pyridine rings is 1. The molecule has 0 spiro atoms. The summed E-state index contributed by atoms with van der Waals surface area (Å²) in [5.74, 6) is -0.0919. The normalized spacial score (nSPS) is 18.1. The maximum absolute atomic E-state index is 14.8. The molecule has 1 aliphatic carbocycles. The lowest BCUT2D eigenvalue weighted by atomic mass is 9.89. The maximum atomic E-state index is 14.8. The molecule has 3 aromatic heterocycles. The summed E-state index contributed by atoms with van der Waals surface area (Å²) >= 11 is 1.24. The number of halogens is 3. The molecule has 0 saturated heterocycles. The molecule has 5 aromatic rings. The number of thiophene rings is 1. The van der Waals surface area contributed by atoms with Crippen LogP contribution in [0.5, 0.6) is 5.75 Å². The van der Waals surface area contributed by atoms with Gasteiger partial charge in [0.1, 0.15) is 16.9 Å². The highest BCUT2D eigenvalue weighted by molar-refractivity contribution is 7.91. The van der Waals surface area contributed by atoms with Crippen LogP contribution in [-0.4, -0.2) is 81.5 Å². The number of carbonyl (C=O) groups is 1. The Bertz CT molecular complexity index is 2390. The number of carbonyl (C=O) groups excluding carboxylic acids is 1. The van der Waals surface area contributed by atoms with Gasteiger partial charge in [0.2, 0.25) is 0 Å². The molecular weight excluding hydrogens is 736 g/mol. The molecule has 1 saturated carbocycles. The summed E-state index contributed by atoms with van der Waals surface area (Å²) in [4.78, 5) is 33.6. The SMILES string of the molecule is COc1ccc(Cn2c(=O)c(-c3nc4cc5c(cc4n3S(=O)(=O)C(F)(F)F)CCN(C(=O)OC(C)(C)C)CC5)c(NC3CC(O)C3)c3sccc32)cc1. The predicted octanol–water partition coefficient (Wildman–Crippen LogP) is 6.11. The second-order valence-electron chi connectivity index (χ2n) is 14.3. The van der Waals surface area contributed by atoms with Crippen molar-refractivity contribution < 1.29 is 41.0 Å². The second-order valence-corrected chi connectivity index (χ2v) is 17.0. The van der Waals surface area contributed by atoms with Crippen molar-refractivity contribution in [2.45, 2.75) is 76.3 Å². The summed E-state index contributed by atoms with van der Waals surface area (Å²) in [7, 11) is -4.64. The number of aliphatic hydroxyl groups excluding tert-OH is 1. The average molecular weight is 774 g/mol. The lowest BCUT2D eigenvalue weighted by molar-refractivity contribution is -0.0445. The molecular formula is C36H38F3N5O7S2. The molecule has 53 heavy (non-hydrogen) atoms. The first kappa shape index (κ1) is 36.7. The van der Waals surface area contributed by atoms with Gasteiger partial charge >= 0.3 is 21.6 Å². The molecule has 0 atom stereocenters. The Morgan fingerprint density at radius 3 is 2.30 bits per heavy atom. The molecule has 7 rings (SSSR count). The Labute approximate surface area is 306 Å². The Kier molecular flexibility index (Phi) is 9.26. The zero-order valence-corrected chi connectivity index (χ0v) is 31.0. The number of ether oxygens (including phenoxy) is 2. The fraction of sp³-hybridized carbons (Fsp3) is 0.417. The summed E-state index contributed by atoms with van der Waals surface area (Å²) in [5, 5.41) is 15.0. The van der Waals surface area contributed by atoms with Crippen LogP contribution in [0.1, 0.15) is 50.3 Å². The number of benzene rings is 2. The molecule has 17 heteroatoms. The van der Waals surface area contributed by atoms with Crippen LogP contribution in [-0.2, 0) is 34.1 Å². The first-order valence-electron chi connectivity index (χ1n) is 17.0. The van der Waals surface area contributed by atoms with Crippen molar-refractivity contribution >= 4 is 54.4 Å². The van der Waals surface area contributed by atoms with Crippen molar-refractivity contribution in [2.24, 2.45) is 0 Å². The molecule has 2 aliphatic rings. The van der Waals surface area contributed by atoms with Crippen molar-refractivity contribution in [1.29, 1.82) is 0 Å². The number of aliphatic hydroxyl groups is 1. The molecule has 0 bridgehead atoms. The highest BCUT2D eigenvalue weighted by atomic mass is 32.2. The Hall–Kier alpha value is -4.61. The smallest absolute Gasteiger partial charge is 0.497 e. The number of nitrogens with zero attached hydrogens (tertiary/aromatic N) is 4. The van der Waals surface area contributed by atoms with Crippen LogP contribution in [0, 0.1) is 0 Å². The van der Waals surface area contributed by atoms with E-state index in [1.807, 2.05) is 0 Å². The van der Waals surface area contributed by atoms with E-state index < -0.39 is 44.7 Å². The van der Waals surface area contributed by atoms with E-state index in [0.717, 1.165) is 0 Å². The molecule has 1 fully saturated rings. The summed E-state index contributed by atoms with van der Waals surface area (Å²) in [6.07, 6.45) is 0.0435. The van der Waals surface area contributed by atoms with Gasteiger partial charge in [-0.2, -0.15) is 21.6 Å². The van der Waals surface area contributed by atoms with Gasteiger partial charge in [0, 0.05) is 19.1 Å². The van der Waals surface area contributed by atoms with E-state index >= 15 is 0 Å². The molecule has 12 nitrogen and oxygen atoms in total. The van der Waals surface area contributed by atoms with Gasteiger partial charge in [-0.05, 0) is 98.9 Å². The van der Waals surface area contributed by atoms with Crippen LogP contribution in [0.4, 0.5) is 23.7 Å². The van der Waals surface area contributed by atoms with Gasteiger partial charge in [0.25, 0.3) is 5.56 Å². The van der Waals surface area contributed by atoms with Crippen LogP contribution in [0.25, 0.3) is 32.6 Å². The van der Waals surface area contributed by atoms with E-state index in [2.05, 4.69) is 10.3 Å². The van der Waals surface area contributed by atoms with Crippen molar-refractivity contribution in [3.8, 4) is 17.1 Å². The fourth-order valence-electron chi connectivity index (χ4n) is 6.78. The minimum atomic E-state index is -6.16. The topological polar surface area (TPSA) is 145 Å². The number of nitrogens with one attached hydrogen (secondary N) is 1. The number of anilines is 1. The first-order chi connectivity index (χ1) is 24.9.